The molecule has 0 radical (unpaired) electrons. The summed E-state index contributed by atoms with van der Waals surface area (Å²) >= 11 is 5.88. The maximum Gasteiger partial charge on any atom is 0.358 e. The van der Waals surface area contributed by atoms with Crippen molar-refractivity contribution < 1.29 is 23.6 Å². The molecule has 1 N–H and O–H groups in total. The first-order valence-corrected chi connectivity index (χ1v) is 5.56. The number of aromatic carboxylic acids is 1. The van der Waals surface area contributed by atoms with Crippen LogP contribution in [-0.4, -0.2) is 23.3 Å². The van der Waals surface area contributed by atoms with Crippen LogP contribution in [0.15, 0.2) is 16.7 Å². The molecule has 0 aliphatic carbocycles. The lowest BCUT2D eigenvalue weighted by Crippen LogP contribution is -1.95. The number of carbonyl (C=O) groups is 1. The second kappa shape index (κ2) is 4.89. The van der Waals surface area contributed by atoms with E-state index in [9.17, 15) is 9.18 Å². The maximum atomic E-state index is 13.6. The van der Waals surface area contributed by atoms with Crippen molar-refractivity contribution in [3.8, 4) is 17.1 Å². The van der Waals surface area contributed by atoms with Gasteiger partial charge in [0.15, 0.2) is 11.5 Å². The molecule has 0 unspecified atom stereocenters. The van der Waals surface area contributed by atoms with Crippen molar-refractivity contribution in [2.75, 3.05) is 7.11 Å². The Morgan fingerprint density at radius 2 is 2.21 bits per heavy atom. The third-order valence-corrected chi connectivity index (χ3v) is 2.91. The molecule has 0 saturated heterocycles. The Bertz CT molecular complexity index is 653. The number of aryl methyl sites for hydroxylation is 1. The van der Waals surface area contributed by atoms with E-state index in [1.807, 2.05) is 0 Å². The number of methoxy groups -OCH3 is 1. The summed E-state index contributed by atoms with van der Waals surface area (Å²) < 4.78 is 23.7. The number of carboxylic acid groups (broad SMARTS) is 1. The van der Waals surface area contributed by atoms with Gasteiger partial charge in [0, 0.05) is 6.07 Å². The number of hydrogen-bond acceptors (Lipinski definition) is 4. The van der Waals surface area contributed by atoms with E-state index in [2.05, 4.69) is 5.16 Å². The minimum absolute atomic E-state index is 0.0295. The predicted molar refractivity (Wildman–Crippen MR) is 65.2 cm³/mol. The second-order valence-electron chi connectivity index (χ2n) is 3.78. The third kappa shape index (κ3) is 2.26. The summed E-state index contributed by atoms with van der Waals surface area (Å²) in [4.78, 5) is 10.8. The number of aromatic nitrogens is 1. The van der Waals surface area contributed by atoms with Crippen LogP contribution in [0.5, 0.6) is 5.75 Å². The van der Waals surface area contributed by atoms with E-state index < -0.39 is 11.8 Å². The van der Waals surface area contributed by atoms with E-state index in [1.165, 1.54) is 13.2 Å². The van der Waals surface area contributed by atoms with Gasteiger partial charge in [-0.15, -0.1) is 0 Å². The molecule has 0 saturated carbocycles. The van der Waals surface area contributed by atoms with Gasteiger partial charge >= 0.3 is 5.97 Å². The van der Waals surface area contributed by atoms with Gasteiger partial charge in [0.05, 0.1) is 17.7 Å². The van der Waals surface area contributed by atoms with Crippen LogP contribution in [-0.2, 0) is 0 Å². The normalized spacial score (nSPS) is 10.5. The zero-order valence-electron chi connectivity index (χ0n) is 10.0. The van der Waals surface area contributed by atoms with Crippen LogP contribution in [0, 0.1) is 12.7 Å². The standard InChI is InChI=1S/C12H9ClFNO4/c1-5-3-6(14)10(13)9(11(5)18-2)8-4-7(12(16)17)15-19-8/h3-4H,1-2H3,(H,16,17). The van der Waals surface area contributed by atoms with Crippen molar-refractivity contribution in [3.05, 3.63) is 34.2 Å². The second-order valence-corrected chi connectivity index (χ2v) is 4.16. The maximum absolute atomic E-state index is 13.6. The van der Waals surface area contributed by atoms with Crippen LogP contribution in [0.2, 0.25) is 5.02 Å². The van der Waals surface area contributed by atoms with E-state index in [0.29, 0.717) is 11.3 Å². The van der Waals surface area contributed by atoms with Crippen molar-refractivity contribution in [3.63, 3.8) is 0 Å². The van der Waals surface area contributed by atoms with Gasteiger partial charge in [-0.25, -0.2) is 9.18 Å². The summed E-state index contributed by atoms with van der Waals surface area (Å²) in [6.45, 7) is 1.64. The molecule has 1 heterocycles. The van der Waals surface area contributed by atoms with E-state index >= 15 is 0 Å². The average molecular weight is 286 g/mol. The lowest BCUT2D eigenvalue weighted by Gasteiger charge is -2.11. The van der Waals surface area contributed by atoms with Crippen molar-refractivity contribution >= 4 is 17.6 Å². The summed E-state index contributed by atoms with van der Waals surface area (Å²) in [5, 5.41) is 11.9. The summed E-state index contributed by atoms with van der Waals surface area (Å²) in [6.07, 6.45) is 0. The quantitative estimate of drug-likeness (QED) is 0.938. The molecule has 0 aliphatic rings. The van der Waals surface area contributed by atoms with Crippen LogP contribution >= 0.6 is 11.6 Å². The molecule has 0 atom stereocenters. The summed E-state index contributed by atoms with van der Waals surface area (Å²) in [5.74, 6) is -1.57. The summed E-state index contributed by atoms with van der Waals surface area (Å²) in [5.41, 5.74) is 0.351. The Kier molecular flexibility index (Phi) is 3.44. The minimum atomic E-state index is -1.25. The molecule has 1 aromatic carbocycles. The number of carboxylic acids is 1. The van der Waals surface area contributed by atoms with Crippen LogP contribution in [0.25, 0.3) is 11.3 Å². The molecule has 0 spiro atoms. The minimum Gasteiger partial charge on any atom is -0.496 e. The number of benzene rings is 1. The monoisotopic (exact) mass is 285 g/mol. The fourth-order valence-electron chi connectivity index (χ4n) is 1.71. The van der Waals surface area contributed by atoms with E-state index in [4.69, 9.17) is 26.0 Å². The molecule has 0 bridgehead atoms. The lowest BCUT2D eigenvalue weighted by atomic mass is 10.1. The largest absolute Gasteiger partial charge is 0.496 e. The van der Waals surface area contributed by atoms with Crippen LogP contribution in [0.1, 0.15) is 16.1 Å². The van der Waals surface area contributed by atoms with Gasteiger partial charge in [-0.05, 0) is 18.6 Å². The Morgan fingerprint density at radius 1 is 1.53 bits per heavy atom. The predicted octanol–water partition coefficient (Wildman–Crippen LogP) is 3.15. The number of nitrogens with zero attached hydrogens (tertiary/aromatic N) is 1. The van der Waals surface area contributed by atoms with Gasteiger partial charge in [-0.3, -0.25) is 0 Å². The Labute approximate surface area is 112 Å². The van der Waals surface area contributed by atoms with E-state index in [-0.39, 0.29) is 22.0 Å². The summed E-state index contributed by atoms with van der Waals surface area (Å²) in [7, 11) is 1.40. The number of halogens is 2. The lowest BCUT2D eigenvalue weighted by molar-refractivity contribution is 0.0686. The molecule has 5 nitrogen and oxygen atoms in total. The number of rotatable bonds is 3. The highest BCUT2D eigenvalue weighted by molar-refractivity contribution is 6.33. The Balaban J connectivity index is 2.69. The first-order chi connectivity index (χ1) is 8.95. The van der Waals surface area contributed by atoms with Gasteiger partial charge in [-0.1, -0.05) is 16.8 Å². The zero-order chi connectivity index (χ0) is 14.2. The molecular weight excluding hydrogens is 277 g/mol. The molecule has 2 aromatic rings. The smallest absolute Gasteiger partial charge is 0.358 e. The van der Waals surface area contributed by atoms with Crippen molar-refractivity contribution in [1.82, 2.24) is 5.16 Å². The summed E-state index contributed by atoms with van der Waals surface area (Å²) in [6, 6.07) is 2.38. The van der Waals surface area contributed by atoms with Gasteiger partial charge in [-0.2, -0.15) is 0 Å². The zero-order valence-corrected chi connectivity index (χ0v) is 10.8. The Morgan fingerprint density at radius 3 is 2.74 bits per heavy atom. The number of hydrogen-bond donors (Lipinski definition) is 1. The molecular formula is C12H9ClFNO4. The molecule has 0 fully saturated rings. The highest BCUT2D eigenvalue weighted by atomic mass is 35.5. The fraction of sp³-hybridized carbons (Fsp3) is 0.167. The van der Waals surface area contributed by atoms with Gasteiger partial charge in [0.1, 0.15) is 11.6 Å². The highest BCUT2D eigenvalue weighted by Gasteiger charge is 2.22. The topological polar surface area (TPSA) is 72.6 Å². The number of ether oxygens (including phenoxy) is 1. The van der Waals surface area contributed by atoms with E-state index in [1.54, 1.807) is 6.92 Å². The molecule has 0 amide bonds. The van der Waals surface area contributed by atoms with Gasteiger partial charge in [0.2, 0.25) is 0 Å². The SMILES string of the molecule is COc1c(C)cc(F)c(Cl)c1-c1cc(C(=O)O)no1. The van der Waals surface area contributed by atoms with E-state index in [0.717, 1.165) is 6.07 Å². The molecule has 2 rings (SSSR count). The molecule has 100 valence electrons. The average Bonchev–Trinajstić information content (AvgIpc) is 2.82. The van der Waals surface area contributed by atoms with Crippen LogP contribution in [0.3, 0.4) is 0 Å². The first kappa shape index (κ1) is 13.4. The van der Waals surface area contributed by atoms with Crippen molar-refractivity contribution in [2.24, 2.45) is 0 Å². The molecule has 19 heavy (non-hydrogen) atoms. The molecule has 1 aromatic heterocycles. The van der Waals surface area contributed by atoms with Crippen molar-refractivity contribution in [2.45, 2.75) is 6.92 Å². The first-order valence-electron chi connectivity index (χ1n) is 5.18. The highest BCUT2D eigenvalue weighted by Crippen LogP contribution is 2.40. The molecule has 7 heteroatoms. The third-order valence-electron chi connectivity index (χ3n) is 2.54. The Hall–Kier alpha value is -2.08. The molecule has 0 aliphatic heterocycles. The van der Waals surface area contributed by atoms with Gasteiger partial charge in [0.25, 0.3) is 0 Å². The van der Waals surface area contributed by atoms with Crippen LogP contribution in [0.4, 0.5) is 4.39 Å². The fourth-order valence-corrected chi connectivity index (χ4v) is 1.95. The van der Waals surface area contributed by atoms with Crippen molar-refractivity contribution in [1.29, 1.82) is 0 Å². The van der Waals surface area contributed by atoms with Crippen LogP contribution < -0.4 is 4.74 Å². The van der Waals surface area contributed by atoms with Gasteiger partial charge < -0.3 is 14.4 Å².